The van der Waals surface area contributed by atoms with Crippen molar-refractivity contribution in [1.29, 1.82) is 0 Å². The Hall–Kier alpha value is -1.55. The molecule has 0 spiro atoms. The number of benzene rings is 1. The van der Waals surface area contributed by atoms with Crippen molar-refractivity contribution in [1.82, 2.24) is 0 Å². The number of nitrogens with one attached hydrogen (secondary N) is 1. The number of aryl methyl sites for hydroxylation is 1. The summed E-state index contributed by atoms with van der Waals surface area (Å²) >= 11 is 0. The molecule has 1 aromatic rings. The van der Waals surface area contributed by atoms with Gasteiger partial charge in [-0.1, -0.05) is 13.8 Å². The molecule has 1 unspecified atom stereocenters. The van der Waals surface area contributed by atoms with Gasteiger partial charge in [0.25, 0.3) is 0 Å². The number of hydrogen-bond acceptors (Lipinski definition) is 3. The molecule has 0 aliphatic carbocycles. The van der Waals surface area contributed by atoms with E-state index in [1.165, 1.54) is 5.56 Å². The van der Waals surface area contributed by atoms with Crippen molar-refractivity contribution in [3.63, 3.8) is 0 Å². The molecule has 0 saturated carbocycles. The molecular weight excluding hydrogens is 240 g/mol. The molecule has 0 fully saturated rings. The number of fused-ring (bicyclic) bond motifs is 1. The molecule has 1 aromatic carbocycles. The number of aliphatic hydroxyl groups excluding tert-OH is 1. The molecule has 2 rings (SSSR count). The van der Waals surface area contributed by atoms with Crippen LogP contribution in [0.5, 0.6) is 0 Å². The Bertz CT molecular complexity index is 471. The predicted molar refractivity (Wildman–Crippen MR) is 77.5 cm³/mol. The van der Waals surface area contributed by atoms with Gasteiger partial charge in [-0.05, 0) is 36.1 Å². The fourth-order valence-corrected chi connectivity index (χ4v) is 2.63. The highest BCUT2D eigenvalue weighted by Gasteiger charge is 2.31. The summed E-state index contributed by atoms with van der Waals surface area (Å²) in [5.74, 6) is 0.335. The van der Waals surface area contributed by atoms with Gasteiger partial charge < -0.3 is 15.3 Å². The molecule has 104 valence electrons. The standard InChI is InChI=1S/C15H22N2O2/c1-10(2)14(9-18)17-13-6-5-12(16-3)8-11(13)4-7-15(17)19/h5-6,8,10,14,16,18H,4,7,9H2,1-3H3. The number of amides is 1. The first-order valence-corrected chi connectivity index (χ1v) is 6.82. The highest BCUT2D eigenvalue weighted by Crippen LogP contribution is 2.33. The molecule has 2 N–H and O–H groups in total. The summed E-state index contributed by atoms with van der Waals surface area (Å²) in [5, 5.41) is 12.7. The third-order valence-corrected chi connectivity index (χ3v) is 3.79. The first-order valence-electron chi connectivity index (χ1n) is 6.82. The third kappa shape index (κ3) is 2.59. The zero-order chi connectivity index (χ0) is 14.0. The summed E-state index contributed by atoms with van der Waals surface area (Å²) in [7, 11) is 1.89. The third-order valence-electron chi connectivity index (χ3n) is 3.79. The van der Waals surface area contributed by atoms with E-state index in [0.717, 1.165) is 17.8 Å². The van der Waals surface area contributed by atoms with Crippen LogP contribution in [-0.4, -0.2) is 30.7 Å². The van der Waals surface area contributed by atoms with Crippen LogP contribution < -0.4 is 10.2 Å². The topological polar surface area (TPSA) is 52.6 Å². The summed E-state index contributed by atoms with van der Waals surface area (Å²) in [6.07, 6.45) is 1.29. The molecule has 0 saturated heterocycles. The van der Waals surface area contributed by atoms with Gasteiger partial charge in [-0.2, -0.15) is 0 Å². The Kier molecular flexibility index (Phi) is 4.10. The van der Waals surface area contributed by atoms with Crippen LogP contribution in [-0.2, 0) is 11.2 Å². The fraction of sp³-hybridized carbons (Fsp3) is 0.533. The Morgan fingerprint density at radius 2 is 2.11 bits per heavy atom. The van der Waals surface area contributed by atoms with E-state index in [0.29, 0.717) is 6.42 Å². The summed E-state index contributed by atoms with van der Waals surface area (Å²) in [4.78, 5) is 14.0. The maximum Gasteiger partial charge on any atom is 0.227 e. The van der Waals surface area contributed by atoms with Crippen LogP contribution >= 0.6 is 0 Å². The largest absolute Gasteiger partial charge is 0.394 e. The van der Waals surface area contributed by atoms with Crippen LogP contribution in [0.3, 0.4) is 0 Å². The van der Waals surface area contributed by atoms with E-state index in [1.54, 1.807) is 4.90 Å². The van der Waals surface area contributed by atoms with Crippen LogP contribution in [0.4, 0.5) is 11.4 Å². The number of aliphatic hydroxyl groups is 1. The molecule has 0 aromatic heterocycles. The van der Waals surface area contributed by atoms with Crippen molar-refractivity contribution in [2.45, 2.75) is 32.7 Å². The van der Waals surface area contributed by atoms with Gasteiger partial charge in [-0.15, -0.1) is 0 Å². The maximum atomic E-state index is 12.2. The lowest BCUT2D eigenvalue weighted by Crippen LogP contribution is -2.48. The minimum atomic E-state index is -0.146. The second-order valence-electron chi connectivity index (χ2n) is 5.35. The number of hydrogen-bond donors (Lipinski definition) is 2. The van der Waals surface area contributed by atoms with Gasteiger partial charge in [0.1, 0.15) is 0 Å². The molecule has 1 heterocycles. The van der Waals surface area contributed by atoms with Crippen LogP contribution in [0.15, 0.2) is 18.2 Å². The Morgan fingerprint density at radius 1 is 1.37 bits per heavy atom. The summed E-state index contributed by atoms with van der Waals surface area (Å²) in [6.45, 7) is 4.06. The Morgan fingerprint density at radius 3 is 2.68 bits per heavy atom. The summed E-state index contributed by atoms with van der Waals surface area (Å²) < 4.78 is 0. The first kappa shape index (κ1) is 13.9. The van der Waals surface area contributed by atoms with E-state index in [2.05, 4.69) is 11.4 Å². The lowest BCUT2D eigenvalue weighted by Gasteiger charge is -2.37. The summed E-state index contributed by atoms with van der Waals surface area (Å²) in [6, 6.07) is 5.89. The zero-order valence-electron chi connectivity index (χ0n) is 11.8. The number of anilines is 2. The van der Waals surface area contributed by atoms with Gasteiger partial charge in [0.15, 0.2) is 0 Å². The van der Waals surface area contributed by atoms with E-state index in [4.69, 9.17) is 0 Å². The highest BCUT2D eigenvalue weighted by atomic mass is 16.3. The Balaban J connectivity index is 2.43. The van der Waals surface area contributed by atoms with E-state index >= 15 is 0 Å². The molecule has 1 aliphatic rings. The Labute approximate surface area is 114 Å². The smallest absolute Gasteiger partial charge is 0.227 e. The number of carbonyl (C=O) groups is 1. The van der Waals surface area contributed by atoms with E-state index in [1.807, 2.05) is 33.0 Å². The highest BCUT2D eigenvalue weighted by molar-refractivity contribution is 5.97. The lowest BCUT2D eigenvalue weighted by atomic mass is 9.95. The molecule has 19 heavy (non-hydrogen) atoms. The zero-order valence-corrected chi connectivity index (χ0v) is 11.8. The fourth-order valence-electron chi connectivity index (χ4n) is 2.63. The van der Waals surface area contributed by atoms with E-state index in [9.17, 15) is 9.90 Å². The average Bonchev–Trinajstić information content (AvgIpc) is 2.41. The maximum absolute atomic E-state index is 12.2. The van der Waals surface area contributed by atoms with Crippen molar-refractivity contribution in [2.75, 3.05) is 23.9 Å². The van der Waals surface area contributed by atoms with Crippen molar-refractivity contribution in [3.8, 4) is 0 Å². The van der Waals surface area contributed by atoms with Gasteiger partial charge in [0, 0.05) is 24.8 Å². The molecular formula is C15H22N2O2. The molecule has 1 amide bonds. The summed E-state index contributed by atoms with van der Waals surface area (Å²) in [5.41, 5.74) is 3.17. The second-order valence-corrected chi connectivity index (χ2v) is 5.35. The van der Waals surface area contributed by atoms with Gasteiger partial charge in [-0.25, -0.2) is 0 Å². The quantitative estimate of drug-likeness (QED) is 0.873. The lowest BCUT2D eigenvalue weighted by molar-refractivity contribution is -0.119. The van der Waals surface area contributed by atoms with Crippen molar-refractivity contribution in [3.05, 3.63) is 23.8 Å². The van der Waals surface area contributed by atoms with Crippen molar-refractivity contribution >= 4 is 17.3 Å². The number of carbonyl (C=O) groups excluding carboxylic acids is 1. The molecule has 0 bridgehead atoms. The normalized spacial score (nSPS) is 16.5. The van der Waals surface area contributed by atoms with Crippen LogP contribution in [0.25, 0.3) is 0 Å². The minimum Gasteiger partial charge on any atom is -0.394 e. The van der Waals surface area contributed by atoms with Gasteiger partial charge in [0.2, 0.25) is 5.91 Å². The van der Waals surface area contributed by atoms with E-state index < -0.39 is 0 Å². The monoisotopic (exact) mass is 262 g/mol. The molecule has 1 aliphatic heterocycles. The first-order chi connectivity index (χ1) is 9.08. The van der Waals surface area contributed by atoms with Crippen LogP contribution in [0.1, 0.15) is 25.8 Å². The molecule has 1 atom stereocenters. The van der Waals surface area contributed by atoms with Crippen LogP contribution in [0, 0.1) is 5.92 Å². The number of nitrogens with zero attached hydrogens (tertiary/aromatic N) is 1. The number of rotatable bonds is 4. The van der Waals surface area contributed by atoms with Gasteiger partial charge in [0.05, 0.1) is 12.6 Å². The average molecular weight is 262 g/mol. The van der Waals surface area contributed by atoms with Gasteiger partial charge >= 0.3 is 0 Å². The molecule has 4 nitrogen and oxygen atoms in total. The van der Waals surface area contributed by atoms with Crippen molar-refractivity contribution < 1.29 is 9.90 Å². The molecule has 0 radical (unpaired) electrons. The SMILES string of the molecule is CNc1ccc2c(c1)CCC(=O)N2C(CO)C(C)C. The van der Waals surface area contributed by atoms with Crippen LogP contribution in [0.2, 0.25) is 0 Å². The second kappa shape index (κ2) is 5.61. The van der Waals surface area contributed by atoms with Gasteiger partial charge in [-0.3, -0.25) is 4.79 Å². The minimum absolute atomic E-state index is 0.00335. The van der Waals surface area contributed by atoms with E-state index in [-0.39, 0.29) is 24.5 Å². The van der Waals surface area contributed by atoms with Crippen molar-refractivity contribution in [2.24, 2.45) is 5.92 Å². The molecule has 4 heteroatoms. The predicted octanol–water partition coefficient (Wildman–Crippen LogP) is 2.02.